The summed E-state index contributed by atoms with van der Waals surface area (Å²) in [7, 11) is 0. The number of H-pyrrole nitrogens is 1. The van der Waals surface area contributed by atoms with Crippen molar-refractivity contribution >= 4 is 22.9 Å². The number of carbonyl (C=O) groups excluding carboxylic acids is 2. The topological polar surface area (TPSA) is 114 Å². The molecule has 1 atom stereocenters. The largest absolute Gasteiger partial charge is 0.444 e. The highest BCUT2D eigenvalue weighted by atomic mass is 16.6. The summed E-state index contributed by atoms with van der Waals surface area (Å²) in [6.45, 7) is 6.26. The Morgan fingerprint density at radius 1 is 1.09 bits per heavy atom. The van der Waals surface area contributed by atoms with Gasteiger partial charge in [0.15, 0.2) is 0 Å². The maximum absolute atomic E-state index is 12.9. The molecule has 0 saturated carbocycles. The average molecular weight is 450 g/mol. The predicted octanol–water partition coefficient (Wildman–Crippen LogP) is 2.42. The first kappa shape index (κ1) is 22.3. The smallest absolute Gasteiger partial charge is 0.410 e. The predicted molar refractivity (Wildman–Crippen MR) is 124 cm³/mol. The maximum Gasteiger partial charge on any atom is 0.410 e. The number of fused-ring (bicyclic) bond motifs is 1. The van der Waals surface area contributed by atoms with E-state index in [-0.39, 0.29) is 17.5 Å². The Hall–Kier alpha value is -3.88. The number of carbonyl (C=O) groups is 2. The minimum atomic E-state index is -0.584. The molecule has 1 aliphatic rings. The highest BCUT2D eigenvalue weighted by Crippen LogP contribution is 2.16. The van der Waals surface area contributed by atoms with Crippen LogP contribution in [0.5, 0.6) is 0 Å². The normalized spacial score (nSPS) is 16.1. The lowest BCUT2D eigenvalue weighted by Crippen LogP contribution is -2.40. The zero-order chi connectivity index (χ0) is 23.8. The number of benzene rings is 2. The van der Waals surface area contributed by atoms with Gasteiger partial charge in [-0.2, -0.15) is 0 Å². The van der Waals surface area contributed by atoms with Crippen molar-refractivity contribution in [1.82, 2.24) is 19.8 Å². The van der Waals surface area contributed by atoms with Gasteiger partial charge < -0.3 is 19.9 Å². The molecule has 172 valence electrons. The number of nitrogens with one attached hydrogen (secondary N) is 2. The maximum atomic E-state index is 12.9. The number of hydrogen-bond donors (Lipinski definition) is 2. The van der Waals surface area contributed by atoms with Gasteiger partial charge in [-0.1, -0.05) is 18.2 Å². The van der Waals surface area contributed by atoms with E-state index in [0.29, 0.717) is 36.1 Å². The van der Waals surface area contributed by atoms with Crippen molar-refractivity contribution in [2.24, 2.45) is 0 Å². The van der Waals surface area contributed by atoms with E-state index in [2.05, 4.69) is 10.3 Å². The van der Waals surface area contributed by atoms with Crippen LogP contribution in [0.1, 0.15) is 37.6 Å². The van der Waals surface area contributed by atoms with Crippen molar-refractivity contribution in [1.29, 1.82) is 0 Å². The standard InChI is InChI=1S/C24H26N4O5/c1-24(2,3)33-23(32)27-12-11-16(14-27)25-20(29)15-9-10-18-19(13-15)26-22(31)28(21(18)30)17-7-5-4-6-8-17/h4-10,13,16H,11-12,14H2,1-3H3,(H,25,29)(H,26,31). The third-order valence-electron chi connectivity index (χ3n) is 5.35. The molecule has 1 aromatic heterocycles. The Morgan fingerprint density at radius 2 is 1.82 bits per heavy atom. The number of rotatable bonds is 3. The van der Waals surface area contributed by atoms with Crippen LogP contribution in [-0.4, -0.2) is 51.2 Å². The number of aromatic amines is 1. The minimum Gasteiger partial charge on any atom is -0.444 e. The number of hydrogen-bond acceptors (Lipinski definition) is 5. The minimum absolute atomic E-state index is 0.217. The van der Waals surface area contributed by atoms with Crippen molar-refractivity contribution in [3.8, 4) is 5.69 Å². The molecule has 0 bridgehead atoms. The Morgan fingerprint density at radius 3 is 2.52 bits per heavy atom. The van der Waals surface area contributed by atoms with Crippen molar-refractivity contribution < 1.29 is 14.3 Å². The first-order valence-corrected chi connectivity index (χ1v) is 10.8. The van der Waals surface area contributed by atoms with Gasteiger partial charge in [0.05, 0.1) is 16.6 Å². The Labute approximate surface area is 190 Å². The van der Waals surface area contributed by atoms with E-state index in [1.165, 1.54) is 12.1 Å². The molecular formula is C24H26N4O5. The van der Waals surface area contributed by atoms with Gasteiger partial charge in [-0.25, -0.2) is 14.2 Å². The van der Waals surface area contributed by atoms with Crippen LogP contribution in [-0.2, 0) is 4.74 Å². The summed E-state index contributed by atoms with van der Waals surface area (Å²) in [4.78, 5) is 54.7. The quantitative estimate of drug-likeness (QED) is 0.636. The van der Waals surface area contributed by atoms with Crippen LogP contribution in [0, 0.1) is 0 Å². The Balaban J connectivity index is 1.51. The van der Waals surface area contributed by atoms with Crippen LogP contribution in [0.4, 0.5) is 4.79 Å². The molecule has 9 nitrogen and oxygen atoms in total. The molecule has 2 aromatic carbocycles. The van der Waals surface area contributed by atoms with E-state index in [4.69, 9.17) is 4.74 Å². The summed E-state index contributed by atoms with van der Waals surface area (Å²) in [6, 6.07) is 13.0. The number of likely N-dealkylation sites (tertiary alicyclic amines) is 1. The summed E-state index contributed by atoms with van der Waals surface area (Å²) in [6.07, 6.45) is 0.203. The summed E-state index contributed by atoms with van der Waals surface area (Å²) in [5.74, 6) is -0.346. The van der Waals surface area contributed by atoms with Crippen molar-refractivity contribution in [2.45, 2.75) is 38.8 Å². The molecule has 1 aliphatic heterocycles. The van der Waals surface area contributed by atoms with Gasteiger partial charge in [0, 0.05) is 24.7 Å². The van der Waals surface area contributed by atoms with E-state index in [9.17, 15) is 19.2 Å². The van der Waals surface area contributed by atoms with E-state index in [0.717, 1.165) is 4.57 Å². The van der Waals surface area contributed by atoms with Crippen LogP contribution in [0.15, 0.2) is 58.1 Å². The molecule has 2 amide bonds. The SMILES string of the molecule is CC(C)(C)OC(=O)N1CCC(NC(=O)c2ccc3c(=O)n(-c4ccccc4)c(=O)[nH]c3c2)C1. The van der Waals surface area contributed by atoms with Crippen molar-refractivity contribution in [2.75, 3.05) is 13.1 Å². The number of aromatic nitrogens is 2. The lowest BCUT2D eigenvalue weighted by atomic mass is 10.1. The highest BCUT2D eigenvalue weighted by molar-refractivity contribution is 5.97. The summed E-state index contributed by atoms with van der Waals surface area (Å²) < 4.78 is 6.44. The molecule has 1 unspecified atom stereocenters. The molecule has 9 heteroatoms. The van der Waals surface area contributed by atoms with Gasteiger partial charge in [-0.15, -0.1) is 0 Å². The number of amides is 2. The van der Waals surface area contributed by atoms with Gasteiger partial charge in [-0.3, -0.25) is 9.59 Å². The second kappa shape index (κ2) is 8.57. The number of nitrogens with zero attached hydrogens (tertiary/aromatic N) is 2. The van der Waals surface area contributed by atoms with E-state index in [1.54, 1.807) is 62.1 Å². The molecule has 4 rings (SSSR count). The van der Waals surface area contributed by atoms with Crippen molar-refractivity contribution in [3.05, 3.63) is 74.9 Å². The zero-order valence-corrected chi connectivity index (χ0v) is 18.8. The average Bonchev–Trinajstić information content (AvgIpc) is 3.21. The molecule has 0 spiro atoms. The third-order valence-corrected chi connectivity index (χ3v) is 5.35. The molecular weight excluding hydrogens is 424 g/mol. The first-order chi connectivity index (χ1) is 15.6. The molecule has 2 N–H and O–H groups in total. The van der Waals surface area contributed by atoms with Gasteiger partial charge in [0.2, 0.25) is 0 Å². The van der Waals surface area contributed by atoms with Crippen LogP contribution < -0.4 is 16.6 Å². The summed E-state index contributed by atoms with van der Waals surface area (Å²) in [5.41, 5.74) is -0.573. The van der Waals surface area contributed by atoms with E-state index in [1.807, 2.05) is 0 Å². The van der Waals surface area contributed by atoms with E-state index >= 15 is 0 Å². The van der Waals surface area contributed by atoms with Gasteiger partial charge in [0.25, 0.3) is 11.5 Å². The fourth-order valence-corrected chi connectivity index (χ4v) is 3.81. The molecule has 33 heavy (non-hydrogen) atoms. The second-order valence-electron chi connectivity index (χ2n) is 9.05. The van der Waals surface area contributed by atoms with Gasteiger partial charge in [0.1, 0.15) is 5.60 Å². The number of ether oxygens (including phenoxy) is 1. The van der Waals surface area contributed by atoms with Gasteiger partial charge in [-0.05, 0) is 57.5 Å². The van der Waals surface area contributed by atoms with Crippen LogP contribution in [0.2, 0.25) is 0 Å². The molecule has 1 fully saturated rings. The fraction of sp³-hybridized carbons (Fsp3) is 0.333. The highest BCUT2D eigenvalue weighted by Gasteiger charge is 2.30. The zero-order valence-electron chi connectivity index (χ0n) is 18.8. The molecule has 1 saturated heterocycles. The lowest BCUT2D eigenvalue weighted by Gasteiger charge is -2.24. The summed E-state index contributed by atoms with van der Waals surface area (Å²) >= 11 is 0. The van der Waals surface area contributed by atoms with Crippen LogP contribution in [0.3, 0.4) is 0 Å². The second-order valence-corrected chi connectivity index (χ2v) is 9.05. The Bertz CT molecular complexity index is 1320. The van der Waals surface area contributed by atoms with Crippen LogP contribution >= 0.6 is 0 Å². The monoisotopic (exact) mass is 450 g/mol. The fourth-order valence-electron chi connectivity index (χ4n) is 3.81. The van der Waals surface area contributed by atoms with Gasteiger partial charge >= 0.3 is 11.8 Å². The first-order valence-electron chi connectivity index (χ1n) is 10.8. The molecule has 2 heterocycles. The summed E-state index contributed by atoms with van der Waals surface area (Å²) in [5, 5.41) is 3.21. The molecule has 0 radical (unpaired) electrons. The van der Waals surface area contributed by atoms with E-state index < -0.39 is 22.9 Å². The third kappa shape index (κ3) is 4.82. The Kier molecular flexibility index (Phi) is 5.80. The lowest BCUT2D eigenvalue weighted by molar-refractivity contribution is 0.0290. The number of para-hydroxylation sites is 1. The van der Waals surface area contributed by atoms with Crippen LogP contribution in [0.25, 0.3) is 16.6 Å². The molecule has 0 aliphatic carbocycles. The van der Waals surface area contributed by atoms with Crippen molar-refractivity contribution in [3.63, 3.8) is 0 Å². The molecule has 3 aromatic rings.